The van der Waals surface area contributed by atoms with E-state index in [4.69, 9.17) is 19.3 Å². The molecule has 2 aliphatic heterocycles. The fourth-order valence-electron chi connectivity index (χ4n) is 3.71. The maximum absolute atomic E-state index is 13.3. The predicted octanol–water partition coefficient (Wildman–Crippen LogP) is 4.23. The molecule has 2 heterocycles. The molecule has 32 heavy (non-hydrogen) atoms. The Bertz CT molecular complexity index is 1040. The van der Waals surface area contributed by atoms with E-state index < -0.39 is 0 Å². The number of hydrazone groups is 1. The molecule has 2 aromatic rings. The van der Waals surface area contributed by atoms with Crippen LogP contribution in [-0.2, 0) is 4.79 Å². The summed E-state index contributed by atoms with van der Waals surface area (Å²) in [5.74, 6) is 3.22. The van der Waals surface area contributed by atoms with E-state index in [1.165, 1.54) is 11.8 Å². The van der Waals surface area contributed by atoms with Crippen molar-refractivity contribution in [2.75, 3.05) is 39.4 Å². The second kappa shape index (κ2) is 10.3. The summed E-state index contributed by atoms with van der Waals surface area (Å²) in [6.45, 7) is 0.814. The van der Waals surface area contributed by atoms with Gasteiger partial charge < -0.3 is 14.2 Å². The van der Waals surface area contributed by atoms with Gasteiger partial charge in [-0.15, -0.1) is 0 Å². The minimum Gasteiger partial charge on any atom is -0.497 e. The van der Waals surface area contributed by atoms with Crippen molar-refractivity contribution >= 4 is 39.5 Å². The first-order chi connectivity index (χ1) is 15.6. The van der Waals surface area contributed by atoms with Gasteiger partial charge in [-0.2, -0.15) is 5.10 Å². The molecule has 9 heteroatoms. The molecule has 0 aromatic heterocycles. The Balaban J connectivity index is 1.65. The van der Waals surface area contributed by atoms with Crippen LogP contribution < -0.4 is 14.2 Å². The van der Waals surface area contributed by atoms with Crippen LogP contribution in [0.25, 0.3) is 0 Å². The largest absolute Gasteiger partial charge is 0.497 e. The van der Waals surface area contributed by atoms with Crippen molar-refractivity contribution in [3.8, 4) is 17.2 Å². The Morgan fingerprint density at radius 1 is 1.12 bits per heavy atom. The number of amides is 1. The van der Waals surface area contributed by atoms with Crippen LogP contribution in [-0.4, -0.2) is 60.4 Å². The number of hydrogen-bond donors (Lipinski definition) is 0. The van der Waals surface area contributed by atoms with Gasteiger partial charge in [0.25, 0.3) is 5.91 Å². The summed E-state index contributed by atoms with van der Waals surface area (Å²) >= 11 is 3.17. The fraction of sp³-hybridized carbons (Fsp3) is 0.348. The number of rotatable bonds is 7. The van der Waals surface area contributed by atoms with Crippen molar-refractivity contribution in [2.45, 2.75) is 12.5 Å². The molecule has 0 N–H and O–H groups in total. The van der Waals surface area contributed by atoms with E-state index in [-0.39, 0.29) is 17.7 Å². The zero-order chi connectivity index (χ0) is 22.5. The lowest BCUT2D eigenvalue weighted by molar-refractivity contribution is -0.130. The predicted molar refractivity (Wildman–Crippen MR) is 130 cm³/mol. The third kappa shape index (κ3) is 4.73. The van der Waals surface area contributed by atoms with Crippen molar-refractivity contribution < 1.29 is 19.0 Å². The number of benzene rings is 2. The van der Waals surface area contributed by atoms with Gasteiger partial charge in [0, 0.05) is 17.7 Å². The Morgan fingerprint density at radius 3 is 2.59 bits per heavy atom. The van der Waals surface area contributed by atoms with Gasteiger partial charge in [0.15, 0.2) is 11.5 Å². The SMILES string of the molecule is COc1ccc(C2=NN(C(=O)CSC3=NCCS3)C(c3cccc(OC)c3OC)C2)cc1. The van der Waals surface area contributed by atoms with Gasteiger partial charge in [-0.25, -0.2) is 5.01 Å². The lowest BCUT2D eigenvalue weighted by atomic mass is 9.97. The van der Waals surface area contributed by atoms with Crippen LogP contribution in [0.2, 0.25) is 0 Å². The van der Waals surface area contributed by atoms with Crippen LogP contribution >= 0.6 is 23.5 Å². The highest BCUT2D eigenvalue weighted by Gasteiger charge is 2.35. The number of nitrogens with zero attached hydrogens (tertiary/aromatic N) is 3. The number of para-hydroxylation sites is 1. The molecule has 2 aromatic carbocycles. The minimum absolute atomic E-state index is 0.0661. The highest BCUT2D eigenvalue weighted by Crippen LogP contribution is 2.42. The zero-order valence-corrected chi connectivity index (χ0v) is 19.9. The number of thioether (sulfide) groups is 2. The summed E-state index contributed by atoms with van der Waals surface area (Å²) < 4.78 is 17.4. The van der Waals surface area contributed by atoms with E-state index in [2.05, 4.69) is 4.99 Å². The quantitative estimate of drug-likeness (QED) is 0.602. The monoisotopic (exact) mass is 471 g/mol. The molecule has 1 amide bonds. The van der Waals surface area contributed by atoms with E-state index in [0.717, 1.165) is 39.3 Å². The molecule has 0 bridgehead atoms. The third-order valence-corrected chi connectivity index (χ3v) is 7.50. The van der Waals surface area contributed by atoms with Gasteiger partial charge in [0.2, 0.25) is 0 Å². The molecule has 0 spiro atoms. The van der Waals surface area contributed by atoms with Crippen molar-refractivity contribution in [3.63, 3.8) is 0 Å². The van der Waals surface area contributed by atoms with Crippen molar-refractivity contribution in [2.24, 2.45) is 10.1 Å². The maximum Gasteiger partial charge on any atom is 0.253 e. The highest BCUT2D eigenvalue weighted by molar-refractivity contribution is 8.39. The van der Waals surface area contributed by atoms with Crippen LogP contribution in [0.5, 0.6) is 17.2 Å². The molecule has 1 unspecified atom stereocenters. The molecule has 0 saturated carbocycles. The van der Waals surface area contributed by atoms with E-state index in [1.54, 1.807) is 38.1 Å². The first-order valence-corrected chi connectivity index (χ1v) is 12.2. The van der Waals surface area contributed by atoms with Crippen LogP contribution in [0.15, 0.2) is 52.6 Å². The van der Waals surface area contributed by atoms with Crippen LogP contribution in [0.1, 0.15) is 23.6 Å². The molecule has 0 saturated heterocycles. The van der Waals surface area contributed by atoms with Crippen LogP contribution in [0, 0.1) is 0 Å². The van der Waals surface area contributed by atoms with E-state index >= 15 is 0 Å². The lowest BCUT2D eigenvalue weighted by Crippen LogP contribution is -2.29. The standard InChI is InChI=1S/C23H25N3O4S2/c1-28-16-9-7-15(8-10-16)18-13-19(17-5-4-6-20(29-2)22(17)30-3)26(25-18)21(27)14-32-23-24-11-12-31-23/h4-10,19H,11-14H2,1-3H3. The smallest absolute Gasteiger partial charge is 0.253 e. The molecule has 2 aliphatic rings. The molecular formula is C23H25N3O4S2. The van der Waals surface area contributed by atoms with Gasteiger partial charge in [0.1, 0.15) is 10.1 Å². The topological polar surface area (TPSA) is 72.7 Å². The highest BCUT2D eigenvalue weighted by atomic mass is 32.2. The summed E-state index contributed by atoms with van der Waals surface area (Å²) in [4.78, 5) is 17.7. The number of aliphatic imine (C=N–C) groups is 1. The first kappa shape index (κ1) is 22.5. The third-order valence-electron chi connectivity index (χ3n) is 5.26. The molecule has 7 nitrogen and oxygen atoms in total. The summed E-state index contributed by atoms with van der Waals surface area (Å²) in [7, 11) is 4.85. The number of ether oxygens (including phenoxy) is 3. The molecule has 1 atom stereocenters. The second-order valence-electron chi connectivity index (χ2n) is 7.10. The fourth-order valence-corrected chi connectivity index (χ4v) is 5.57. The van der Waals surface area contributed by atoms with Crippen LogP contribution in [0.4, 0.5) is 0 Å². The number of carbonyl (C=O) groups is 1. The average molecular weight is 472 g/mol. The van der Waals surface area contributed by atoms with Gasteiger partial charge in [-0.1, -0.05) is 35.7 Å². The minimum atomic E-state index is -0.288. The Labute approximate surface area is 196 Å². The first-order valence-electron chi connectivity index (χ1n) is 10.2. The summed E-state index contributed by atoms with van der Waals surface area (Å²) in [5.41, 5.74) is 2.66. The second-order valence-corrected chi connectivity index (χ2v) is 9.41. The van der Waals surface area contributed by atoms with Crippen molar-refractivity contribution in [1.82, 2.24) is 5.01 Å². The summed E-state index contributed by atoms with van der Waals surface area (Å²) in [6.07, 6.45) is 0.571. The summed E-state index contributed by atoms with van der Waals surface area (Å²) in [5, 5.41) is 6.34. The molecular weight excluding hydrogens is 446 g/mol. The van der Waals surface area contributed by atoms with E-state index in [1.807, 2.05) is 42.5 Å². The lowest BCUT2D eigenvalue weighted by Gasteiger charge is -2.24. The molecule has 168 valence electrons. The van der Waals surface area contributed by atoms with Gasteiger partial charge >= 0.3 is 0 Å². The Kier molecular flexibility index (Phi) is 7.26. The van der Waals surface area contributed by atoms with Gasteiger partial charge in [-0.3, -0.25) is 9.79 Å². The Morgan fingerprint density at radius 2 is 1.94 bits per heavy atom. The number of methoxy groups -OCH3 is 3. The zero-order valence-electron chi connectivity index (χ0n) is 18.2. The van der Waals surface area contributed by atoms with E-state index in [9.17, 15) is 4.79 Å². The van der Waals surface area contributed by atoms with Crippen LogP contribution in [0.3, 0.4) is 0 Å². The maximum atomic E-state index is 13.3. The molecule has 0 aliphatic carbocycles. The number of hydrogen-bond acceptors (Lipinski definition) is 8. The van der Waals surface area contributed by atoms with Crippen molar-refractivity contribution in [3.05, 3.63) is 53.6 Å². The van der Waals surface area contributed by atoms with Gasteiger partial charge in [0.05, 0.1) is 45.4 Å². The Hall–Kier alpha value is -2.65. The molecule has 0 radical (unpaired) electrons. The van der Waals surface area contributed by atoms with E-state index in [0.29, 0.717) is 17.9 Å². The van der Waals surface area contributed by atoms with Crippen molar-refractivity contribution in [1.29, 1.82) is 0 Å². The average Bonchev–Trinajstić information content (AvgIpc) is 3.52. The molecule has 4 rings (SSSR count). The summed E-state index contributed by atoms with van der Waals surface area (Å²) in [6, 6.07) is 13.1. The normalized spacial score (nSPS) is 17.7. The van der Waals surface area contributed by atoms with Gasteiger partial charge in [-0.05, 0) is 35.9 Å². The number of carbonyl (C=O) groups excluding carboxylic acids is 1. The molecule has 0 fully saturated rings.